The van der Waals surface area contributed by atoms with Crippen molar-refractivity contribution in [3.8, 4) is 0 Å². The molecule has 0 amide bonds. The zero-order chi connectivity index (χ0) is 9.10. The molecular weight excluding hydrogens is 202 g/mol. The lowest BCUT2D eigenvalue weighted by Gasteiger charge is -2.37. The van der Waals surface area contributed by atoms with Crippen LogP contribution in [0.15, 0.2) is 0 Å². The Kier molecular flexibility index (Phi) is 3.43. The molecule has 2 saturated heterocycles. The van der Waals surface area contributed by atoms with Crippen LogP contribution in [0, 0.1) is 0 Å². The molecule has 0 aromatic heterocycles. The van der Waals surface area contributed by atoms with Crippen LogP contribution in [-0.2, 0) is 0 Å². The highest BCUT2D eigenvalue weighted by Crippen LogP contribution is 2.13. The third kappa shape index (κ3) is 2.56. The average molecular weight is 217 g/mol. The van der Waals surface area contributed by atoms with Gasteiger partial charge < -0.3 is 5.32 Å². The number of nitrogens with one attached hydrogen (secondary N) is 2. The van der Waals surface area contributed by atoms with Gasteiger partial charge in [-0.05, 0) is 0 Å². The fourth-order valence-corrected chi connectivity index (χ4v) is 2.90. The fourth-order valence-electron chi connectivity index (χ4n) is 1.73. The molecular formula is C8H15N3S2. The maximum atomic E-state index is 5.17. The van der Waals surface area contributed by atoms with E-state index in [4.69, 9.17) is 12.2 Å². The first-order valence-corrected chi connectivity index (χ1v) is 6.24. The van der Waals surface area contributed by atoms with Crippen molar-refractivity contribution in [1.29, 1.82) is 0 Å². The van der Waals surface area contributed by atoms with Gasteiger partial charge in [-0.25, -0.2) is 0 Å². The Hall–Kier alpha value is 0.160. The van der Waals surface area contributed by atoms with E-state index in [-0.39, 0.29) is 0 Å². The van der Waals surface area contributed by atoms with Crippen LogP contribution in [0.1, 0.15) is 6.42 Å². The monoisotopic (exact) mass is 217 g/mol. The van der Waals surface area contributed by atoms with Crippen LogP contribution in [0.2, 0.25) is 0 Å². The summed E-state index contributed by atoms with van der Waals surface area (Å²) in [5, 5.41) is 6.58. The van der Waals surface area contributed by atoms with E-state index >= 15 is 0 Å². The van der Waals surface area contributed by atoms with Gasteiger partial charge in [-0.15, -0.1) is 0 Å². The van der Waals surface area contributed by atoms with E-state index in [1.54, 1.807) is 0 Å². The summed E-state index contributed by atoms with van der Waals surface area (Å²) in [4.78, 5) is 3.51. The summed E-state index contributed by atoms with van der Waals surface area (Å²) in [6, 6.07) is 0. The molecule has 0 bridgehead atoms. The lowest BCUT2D eigenvalue weighted by Crippen LogP contribution is -2.57. The third-order valence-electron chi connectivity index (χ3n) is 2.49. The van der Waals surface area contributed by atoms with Crippen LogP contribution >= 0.6 is 24.0 Å². The summed E-state index contributed by atoms with van der Waals surface area (Å²) in [7, 11) is 0. The van der Waals surface area contributed by atoms with Gasteiger partial charge in [-0.1, -0.05) is 12.2 Å². The number of hydrogen-bond acceptors (Lipinski definition) is 4. The molecule has 0 aromatic carbocycles. The van der Waals surface area contributed by atoms with Crippen molar-refractivity contribution in [1.82, 2.24) is 15.5 Å². The van der Waals surface area contributed by atoms with Gasteiger partial charge in [0.25, 0.3) is 0 Å². The molecule has 74 valence electrons. The Bertz CT molecular complexity index is 192. The Balaban J connectivity index is 1.87. The zero-order valence-electron chi connectivity index (χ0n) is 7.58. The predicted molar refractivity (Wildman–Crippen MR) is 61.0 cm³/mol. The molecule has 2 heterocycles. The van der Waals surface area contributed by atoms with Crippen molar-refractivity contribution in [3.63, 3.8) is 0 Å². The number of nitrogens with zero attached hydrogens (tertiary/aromatic N) is 1. The van der Waals surface area contributed by atoms with Crippen molar-refractivity contribution in [2.24, 2.45) is 0 Å². The maximum Gasteiger partial charge on any atom is 0.0792 e. The van der Waals surface area contributed by atoms with Crippen LogP contribution in [0.4, 0.5) is 0 Å². The molecule has 2 aliphatic rings. The van der Waals surface area contributed by atoms with Crippen LogP contribution in [0.25, 0.3) is 0 Å². The molecule has 2 rings (SSSR count). The van der Waals surface area contributed by atoms with E-state index in [9.17, 15) is 0 Å². The van der Waals surface area contributed by atoms with Gasteiger partial charge in [-0.2, -0.15) is 11.8 Å². The molecule has 13 heavy (non-hydrogen) atoms. The maximum absolute atomic E-state index is 5.17. The number of hydrogen-bond donors (Lipinski definition) is 2. The topological polar surface area (TPSA) is 27.3 Å². The highest BCUT2D eigenvalue weighted by molar-refractivity contribution is 7.99. The summed E-state index contributed by atoms with van der Waals surface area (Å²) < 4.78 is 0. The van der Waals surface area contributed by atoms with Crippen molar-refractivity contribution < 1.29 is 0 Å². The molecule has 1 atom stereocenters. The number of rotatable bonds is 1. The van der Waals surface area contributed by atoms with Crippen molar-refractivity contribution in [2.45, 2.75) is 12.6 Å². The molecule has 0 aromatic rings. The minimum Gasteiger partial charge on any atom is -0.367 e. The second kappa shape index (κ2) is 4.59. The normalized spacial score (nSPS) is 31.4. The number of thiocarbonyl (C=S) groups is 1. The summed E-state index contributed by atoms with van der Waals surface area (Å²) in [6.07, 6.45) is 1.45. The second-order valence-electron chi connectivity index (χ2n) is 3.35. The Morgan fingerprint density at radius 1 is 1.38 bits per heavy atom. The van der Waals surface area contributed by atoms with Gasteiger partial charge in [0.05, 0.1) is 17.8 Å². The van der Waals surface area contributed by atoms with Gasteiger partial charge in [0, 0.05) is 31.0 Å². The van der Waals surface area contributed by atoms with Crippen LogP contribution in [0.3, 0.4) is 0 Å². The largest absolute Gasteiger partial charge is 0.367 e. The fraction of sp³-hybridized carbons (Fsp3) is 0.875. The molecule has 0 saturated carbocycles. The van der Waals surface area contributed by atoms with Crippen LogP contribution < -0.4 is 10.6 Å². The summed E-state index contributed by atoms with van der Waals surface area (Å²) >= 11 is 7.21. The van der Waals surface area contributed by atoms with Gasteiger partial charge in [0.15, 0.2) is 0 Å². The first-order valence-electron chi connectivity index (χ1n) is 4.68. The van der Waals surface area contributed by atoms with E-state index in [0.717, 1.165) is 18.1 Å². The van der Waals surface area contributed by atoms with Gasteiger partial charge in [0.1, 0.15) is 0 Å². The van der Waals surface area contributed by atoms with Crippen LogP contribution in [-0.4, -0.2) is 47.3 Å². The summed E-state index contributed by atoms with van der Waals surface area (Å²) in [6.45, 7) is 3.23. The molecule has 0 radical (unpaired) electrons. The smallest absolute Gasteiger partial charge is 0.0792 e. The van der Waals surface area contributed by atoms with Gasteiger partial charge in [-0.3, -0.25) is 10.2 Å². The molecule has 2 fully saturated rings. The van der Waals surface area contributed by atoms with E-state index in [0.29, 0.717) is 6.17 Å². The van der Waals surface area contributed by atoms with Crippen molar-refractivity contribution in [3.05, 3.63) is 0 Å². The molecule has 1 unspecified atom stereocenters. The highest BCUT2D eigenvalue weighted by Gasteiger charge is 2.23. The summed E-state index contributed by atoms with van der Waals surface area (Å²) in [5.41, 5.74) is 0. The lowest BCUT2D eigenvalue weighted by atomic mass is 10.2. The second-order valence-corrected chi connectivity index (χ2v) is 5.07. The van der Waals surface area contributed by atoms with Gasteiger partial charge >= 0.3 is 0 Å². The minimum atomic E-state index is 0.481. The SMILES string of the molecule is S=C1CC(N2CCSCC2)NCN1. The van der Waals surface area contributed by atoms with Crippen molar-refractivity contribution in [2.75, 3.05) is 31.3 Å². The first-order chi connectivity index (χ1) is 6.36. The molecule has 2 N–H and O–H groups in total. The Morgan fingerprint density at radius 3 is 2.85 bits per heavy atom. The standard InChI is InChI=1S/C8H15N3S2/c12-8-5-7(9-6-10-8)11-1-3-13-4-2-11/h7,9H,1-6H2,(H,10,12). The molecule has 5 heteroatoms. The molecule has 0 aliphatic carbocycles. The Morgan fingerprint density at radius 2 is 2.15 bits per heavy atom. The van der Waals surface area contributed by atoms with E-state index < -0.39 is 0 Å². The lowest BCUT2D eigenvalue weighted by molar-refractivity contribution is 0.177. The van der Waals surface area contributed by atoms with Crippen LogP contribution in [0.5, 0.6) is 0 Å². The highest BCUT2D eigenvalue weighted by atomic mass is 32.2. The third-order valence-corrected chi connectivity index (χ3v) is 3.74. The summed E-state index contributed by atoms with van der Waals surface area (Å²) in [5.74, 6) is 2.52. The van der Waals surface area contributed by atoms with E-state index in [1.807, 2.05) is 11.8 Å². The van der Waals surface area contributed by atoms with E-state index in [1.165, 1.54) is 24.6 Å². The molecule has 3 nitrogen and oxygen atoms in total. The predicted octanol–water partition coefficient (Wildman–Crippen LogP) is 0.229. The quantitative estimate of drug-likeness (QED) is 0.613. The molecule has 0 spiro atoms. The minimum absolute atomic E-state index is 0.481. The zero-order valence-corrected chi connectivity index (χ0v) is 9.22. The molecule has 2 aliphatic heterocycles. The van der Waals surface area contributed by atoms with Crippen molar-refractivity contribution >= 4 is 29.0 Å². The van der Waals surface area contributed by atoms with E-state index in [2.05, 4.69) is 15.5 Å². The average Bonchev–Trinajstić information content (AvgIpc) is 2.19. The number of thioether (sulfide) groups is 1. The first kappa shape index (κ1) is 9.71. The Labute approximate surface area is 88.6 Å². The van der Waals surface area contributed by atoms with Gasteiger partial charge in [0.2, 0.25) is 0 Å².